The van der Waals surface area contributed by atoms with Gasteiger partial charge in [-0.25, -0.2) is 0 Å². The summed E-state index contributed by atoms with van der Waals surface area (Å²) >= 11 is 0. The first-order chi connectivity index (χ1) is 5.79. The molecule has 0 radical (unpaired) electrons. The van der Waals surface area contributed by atoms with Crippen molar-refractivity contribution in [2.75, 3.05) is 6.54 Å². The minimum atomic E-state index is -0.270. The van der Waals surface area contributed by atoms with Gasteiger partial charge in [-0.3, -0.25) is 0 Å². The van der Waals surface area contributed by atoms with Crippen molar-refractivity contribution in [2.24, 2.45) is 0 Å². The molecule has 1 unspecified atom stereocenters. The van der Waals surface area contributed by atoms with Gasteiger partial charge in [-0.05, 0) is 12.5 Å². The van der Waals surface area contributed by atoms with Crippen molar-refractivity contribution in [1.29, 1.82) is 0 Å². The van der Waals surface area contributed by atoms with Crippen molar-refractivity contribution in [3.05, 3.63) is 35.9 Å². The quantitative estimate of drug-likeness (QED) is 0.701. The fourth-order valence-electron chi connectivity index (χ4n) is 1.02. The highest BCUT2D eigenvalue weighted by Crippen LogP contribution is 1.96. The van der Waals surface area contributed by atoms with Gasteiger partial charge in [-0.2, -0.15) is 0 Å². The number of benzene rings is 1. The van der Waals surface area contributed by atoms with Crippen LogP contribution in [0.5, 0.6) is 0 Å². The summed E-state index contributed by atoms with van der Waals surface area (Å²) in [6.07, 6.45) is -0.270. The summed E-state index contributed by atoms with van der Waals surface area (Å²) in [4.78, 5) is 0. The Morgan fingerprint density at radius 2 is 2.00 bits per heavy atom. The summed E-state index contributed by atoms with van der Waals surface area (Å²) < 4.78 is 0. The highest BCUT2D eigenvalue weighted by Gasteiger charge is 1.94. The third-order valence-corrected chi connectivity index (χ3v) is 1.61. The maximum absolute atomic E-state index is 8.97. The van der Waals surface area contributed by atoms with E-state index >= 15 is 0 Å². The van der Waals surface area contributed by atoms with E-state index in [1.54, 1.807) is 6.92 Å². The second-order valence-electron chi connectivity index (χ2n) is 2.97. The SMILES string of the molecule is CC(O)CNCc1ccccc1. The number of hydrogen-bond acceptors (Lipinski definition) is 2. The Morgan fingerprint density at radius 1 is 1.33 bits per heavy atom. The number of nitrogens with one attached hydrogen (secondary N) is 1. The maximum atomic E-state index is 8.97. The van der Waals surface area contributed by atoms with E-state index < -0.39 is 0 Å². The molecule has 0 amide bonds. The molecule has 0 fully saturated rings. The molecular weight excluding hydrogens is 150 g/mol. The molecule has 0 aliphatic rings. The van der Waals surface area contributed by atoms with Gasteiger partial charge in [-0.1, -0.05) is 30.3 Å². The van der Waals surface area contributed by atoms with Gasteiger partial charge in [0.2, 0.25) is 0 Å². The molecule has 12 heavy (non-hydrogen) atoms. The van der Waals surface area contributed by atoms with Crippen LogP contribution in [0.2, 0.25) is 0 Å². The van der Waals surface area contributed by atoms with Gasteiger partial charge in [0.05, 0.1) is 6.10 Å². The van der Waals surface area contributed by atoms with Crippen LogP contribution in [0.15, 0.2) is 30.3 Å². The van der Waals surface area contributed by atoms with Crippen molar-refractivity contribution < 1.29 is 5.11 Å². The van der Waals surface area contributed by atoms with Crippen LogP contribution in [0.1, 0.15) is 12.5 Å². The molecule has 0 aliphatic carbocycles. The third-order valence-electron chi connectivity index (χ3n) is 1.61. The van der Waals surface area contributed by atoms with Gasteiger partial charge >= 0.3 is 0 Å². The summed E-state index contributed by atoms with van der Waals surface area (Å²) in [6.45, 7) is 3.25. The number of aliphatic hydroxyl groups is 1. The summed E-state index contributed by atoms with van der Waals surface area (Å²) in [7, 11) is 0. The van der Waals surface area contributed by atoms with E-state index in [-0.39, 0.29) is 6.10 Å². The number of aliphatic hydroxyl groups excluding tert-OH is 1. The monoisotopic (exact) mass is 165 g/mol. The molecule has 1 aromatic rings. The molecule has 2 heteroatoms. The molecule has 0 spiro atoms. The molecule has 66 valence electrons. The Balaban J connectivity index is 2.25. The smallest absolute Gasteiger partial charge is 0.0636 e. The lowest BCUT2D eigenvalue weighted by molar-refractivity contribution is 0.191. The zero-order valence-electron chi connectivity index (χ0n) is 7.33. The van der Waals surface area contributed by atoms with Gasteiger partial charge in [0, 0.05) is 13.1 Å². The Hall–Kier alpha value is -0.860. The molecule has 0 heterocycles. The van der Waals surface area contributed by atoms with E-state index in [4.69, 9.17) is 5.11 Å². The molecule has 1 atom stereocenters. The number of rotatable bonds is 4. The average Bonchev–Trinajstić information content (AvgIpc) is 2.05. The summed E-state index contributed by atoms with van der Waals surface area (Å²) in [5, 5.41) is 12.1. The molecule has 2 N–H and O–H groups in total. The fraction of sp³-hybridized carbons (Fsp3) is 0.400. The largest absolute Gasteiger partial charge is 0.392 e. The first kappa shape index (κ1) is 9.23. The van der Waals surface area contributed by atoms with Crippen molar-refractivity contribution in [3.8, 4) is 0 Å². The minimum Gasteiger partial charge on any atom is -0.392 e. The van der Waals surface area contributed by atoms with E-state index in [9.17, 15) is 0 Å². The molecule has 0 bridgehead atoms. The fourth-order valence-corrected chi connectivity index (χ4v) is 1.02. The van der Waals surface area contributed by atoms with Crippen molar-refractivity contribution >= 4 is 0 Å². The Kier molecular flexibility index (Phi) is 3.77. The zero-order valence-corrected chi connectivity index (χ0v) is 7.33. The topological polar surface area (TPSA) is 32.3 Å². The molecule has 0 saturated heterocycles. The normalized spacial score (nSPS) is 12.8. The zero-order chi connectivity index (χ0) is 8.81. The molecule has 0 saturated carbocycles. The van der Waals surface area contributed by atoms with Crippen LogP contribution >= 0.6 is 0 Å². The summed E-state index contributed by atoms with van der Waals surface area (Å²) in [6, 6.07) is 10.2. The Morgan fingerprint density at radius 3 is 2.58 bits per heavy atom. The van der Waals surface area contributed by atoms with Gasteiger partial charge in [-0.15, -0.1) is 0 Å². The first-order valence-corrected chi connectivity index (χ1v) is 4.22. The molecule has 0 aromatic heterocycles. The van der Waals surface area contributed by atoms with Gasteiger partial charge in [0.15, 0.2) is 0 Å². The number of hydrogen-bond donors (Lipinski definition) is 2. The van der Waals surface area contributed by atoms with Crippen LogP contribution in [0.3, 0.4) is 0 Å². The van der Waals surface area contributed by atoms with E-state index in [2.05, 4.69) is 17.4 Å². The second kappa shape index (κ2) is 4.91. The van der Waals surface area contributed by atoms with Crippen LogP contribution in [0, 0.1) is 0 Å². The van der Waals surface area contributed by atoms with Gasteiger partial charge in [0.25, 0.3) is 0 Å². The van der Waals surface area contributed by atoms with Crippen molar-refractivity contribution in [3.63, 3.8) is 0 Å². The highest BCUT2D eigenvalue weighted by atomic mass is 16.3. The van der Waals surface area contributed by atoms with Gasteiger partial charge in [0.1, 0.15) is 0 Å². The highest BCUT2D eigenvalue weighted by molar-refractivity contribution is 5.14. The van der Waals surface area contributed by atoms with Crippen LogP contribution < -0.4 is 5.32 Å². The van der Waals surface area contributed by atoms with E-state index in [0.29, 0.717) is 6.54 Å². The Bertz CT molecular complexity index is 208. The minimum absolute atomic E-state index is 0.270. The lowest BCUT2D eigenvalue weighted by Crippen LogP contribution is -2.23. The molecule has 0 aliphatic heterocycles. The summed E-state index contributed by atoms with van der Waals surface area (Å²) in [5.41, 5.74) is 1.25. The lowest BCUT2D eigenvalue weighted by Gasteiger charge is -2.06. The van der Waals surface area contributed by atoms with Crippen LogP contribution in [0.4, 0.5) is 0 Å². The van der Waals surface area contributed by atoms with E-state index in [0.717, 1.165) is 6.54 Å². The van der Waals surface area contributed by atoms with Crippen molar-refractivity contribution in [2.45, 2.75) is 19.6 Å². The first-order valence-electron chi connectivity index (χ1n) is 4.22. The molecule has 2 nitrogen and oxygen atoms in total. The third kappa shape index (κ3) is 3.51. The van der Waals surface area contributed by atoms with E-state index in [1.165, 1.54) is 5.56 Å². The lowest BCUT2D eigenvalue weighted by atomic mass is 10.2. The Labute approximate surface area is 73.2 Å². The van der Waals surface area contributed by atoms with Crippen LogP contribution in [-0.4, -0.2) is 17.8 Å². The van der Waals surface area contributed by atoms with E-state index in [1.807, 2.05) is 18.2 Å². The summed E-state index contributed by atoms with van der Waals surface area (Å²) in [5.74, 6) is 0. The van der Waals surface area contributed by atoms with Crippen molar-refractivity contribution in [1.82, 2.24) is 5.32 Å². The predicted octanol–water partition coefficient (Wildman–Crippen LogP) is 1.16. The van der Waals surface area contributed by atoms with Gasteiger partial charge < -0.3 is 10.4 Å². The molecule has 1 rings (SSSR count). The second-order valence-corrected chi connectivity index (χ2v) is 2.97. The van der Waals surface area contributed by atoms with Crippen LogP contribution in [0.25, 0.3) is 0 Å². The average molecular weight is 165 g/mol. The van der Waals surface area contributed by atoms with Crippen LogP contribution in [-0.2, 0) is 6.54 Å². The molecular formula is C10H15NO. The maximum Gasteiger partial charge on any atom is 0.0636 e. The predicted molar refractivity (Wildman–Crippen MR) is 49.8 cm³/mol. The standard InChI is InChI=1S/C10H15NO/c1-9(12)7-11-8-10-5-3-2-4-6-10/h2-6,9,11-12H,7-8H2,1H3. The molecule has 1 aromatic carbocycles.